The molecule has 0 radical (unpaired) electrons. The first-order valence-corrected chi connectivity index (χ1v) is 5.02. The molecule has 0 N–H and O–H groups in total. The van der Waals surface area contributed by atoms with Gasteiger partial charge in [0.1, 0.15) is 0 Å². The highest BCUT2D eigenvalue weighted by Crippen LogP contribution is 2.23. The minimum absolute atomic E-state index is 0.593. The minimum Gasteiger partial charge on any atom is -0.302 e. The zero-order chi connectivity index (χ0) is 9.26. The lowest BCUT2D eigenvalue weighted by Crippen LogP contribution is -2.26. The molecule has 0 fully saturated rings. The van der Waals surface area contributed by atoms with Crippen LogP contribution >= 0.6 is 0 Å². The van der Waals surface area contributed by atoms with Crippen LogP contribution in [-0.4, -0.2) is 25.0 Å². The Morgan fingerprint density at radius 2 is 1.92 bits per heavy atom. The van der Waals surface area contributed by atoms with Gasteiger partial charge < -0.3 is 4.90 Å². The van der Waals surface area contributed by atoms with Crippen LogP contribution in [0.1, 0.15) is 13.3 Å². The number of rotatable bonds is 0. The third-order valence-corrected chi connectivity index (χ3v) is 2.82. The van der Waals surface area contributed by atoms with E-state index in [0.29, 0.717) is 5.92 Å². The van der Waals surface area contributed by atoms with Gasteiger partial charge in [-0.3, -0.25) is 0 Å². The van der Waals surface area contributed by atoms with Gasteiger partial charge in [0.25, 0.3) is 0 Å². The summed E-state index contributed by atoms with van der Waals surface area (Å²) in [5.41, 5.74) is 3.05. The van der Waals surface area contributed by atoms with Crippen molar-refractivity contribution in [1.29, 1.82) is 0 Å². The van der Waals surface area contributed by atoms with E-state index in [4.69, 9.17) is 0 Å². The maximum Gasteiger partial charge on any atom is 0.0233 e. The van der Waals surface area contributed by atoms with E-state index in [1.165, 1.54) is 18.5 Å². The van der Waals surface area contributed by atoms with Gasteiger partial charge in [-0.15, -0.1) is 0 Å². The van der Waals surface area contributed by atoms with Gasteiger partial charge in [-0.1, -0.05) is 31.2 Å². The SMILES string of the molecule is CC1C=CC2=C(C=C1)CN(C)CC2. The molecule has 1 unspecified atom stereocenters. The molecule has 13 heavy (non-hydrogen) atoms. The normalized spacial score (nSPS) is 28.9. The van der Waals surface area contributed by atoms with E-state index < -0.39 is 0 Å². The average molecular weight is 175 g/mol. The van der Waals surface area contributed by atoms with Crippen LogP contribution in [0.25, 0.3) is 0 Å². The Labute approximate surface area is 80.4 Å². The molecule has 0 amide bonds. The van der Waals surface area contributed by atoms with E-state index in [1.54, 1.807) is 5.57 Å². The van der Waals surface area contributed by atoms with Crippen LogP contribution in [0.15, 0.2) is 35.5 Å². The first kappa shape index (κ1) is 8.76. The fraction of sp³-hybridized carbons (Fsp3) is 0.500. The van der Waals surface area contributed by atoms with Crippen molar-refractivity contribution in [2.75, 3.05) is 20.1 Å². The van der Waals surface area contributed by atoms with Crippen molar-refractivity contribution in [3.63, 3.8) is 0 Å². The first-order chi connectivity index (χ1) is 6.25. The van der Waals surface area contributed by atoms with Crippen molar-refractivity contribution in [2.45, 2.75) is 13.3 Å². The zero-order valence-electron chi connectivity index (χ0n) is 8.46. The van der Waals surface area contributed by atoms with Crippen LogP contribution < -0.4 is 0 Å². The number of hydrogen-bond donors (Lipinski definition) is 0. The molecule has 1 aliphatic heterocycles. The fourth-order valence-electron chi connectivity index (χ4n) is 1.89. The Morgan fingerprint density at radius 3 is 2.69 bits per heavy atom. The van der Waals surface area contributed by atoms with Gasteiger partial charge in [-0.2, -0.15) is 0 Å². The summed E-state index contributed by atoms with van der Waals surface area (Å²) in [7, 11) is 2.19. The molecular weight excluding hydrogens is 158 g/mol. The molecule has 0 spiro atoms. The number of likely N-dealkylation sites (N-methyl/N-ethyl adjacent to an activating group) is 1. The summed E-state index contributed by atoms with van der Waals surface area (Å²) >= 11 is 0. The molecule has 70 valence electrons. The van der Waals surface area contributed by atoms with Crippen molar-refractivity contribution >= 4 is 0 Å². The van der Waals surface area contributed by atoms with Crippen LogP contribution in [-0.2, 0) is 0 Å². The lowest BCUT2D eigenvalue weighted by Gasteiger charge is -2.24. The van der Waals surface area contributed by atoms with Gasteiger partial charge in [-0.05, 0) is 30.5 Å². The molecule has 0 aromatic heterocycles. The van der Waals surface area contributed by atoms with Gasteiger partial charge in [0, 0.05) is 13.1 Å². The van der Waals surface area contributed by atoms with Crippen molar-refractivity contribution in [1.82, 2.24) is 4.90 Å². The van der Waals surface area contributed by atoms with Gasteiger partial charge in [0.15, 0.2) is 0 Å². The maximum absolute atomic E-state index is 2.38. The third-order valence-electron chi connectivity index (χ3n) is 2.82. The van der Waals surface area contributed by atoms with Crippen molar-refractivity contribution < 1.29 is 0 Å². The van der Waals surface area contributed by atoms with Crippen LogP contribution in [0.5, 0.6) is 0 Å². The zero-order valence-corrected chi connectivity index (χ0v) is 8.46. The molecule has 1 heterocycles. The van der Waals surface area contributed by atoms with Crippen LogP contribution in [0.3, 0.4) is 0 Å². The fourth-order valence-corrected chi connectivity index (χ4v) is 1.89. The average Bonchev–Trinajstić information content (AvgIpc) is 2.29. The lowest BCUT2D eigenvalue weighted by atomic mass is 10.0. The summed E-state index contributed by atoms with van der Waals surface area (Å²) in [5, 5.41) is 0. The van der Waals surface area contributed by atoms with Crippen LogP contribution in [0, 0.1) is 5.92 Å². The van der Waals surface area contributed by atoms with Crippen molar-refractivity contribution in [2.24, 2.45) is 5.92 Å². The number of nitrogens with zero attached hydrogens (tertiary/aromatic N) is 1. The van der Waals surface area contributed by atoms with E-state index in [9.17, 15) is 0 Å². The van der Waals surface area contributed by atoms with Crippen molar-refractivity contribution in [3.05, 3.63) is 35.5 Å². The topological polar surface area (TPSA) is 3.24 Å². The van der Waals surface area contributed by atoms with E-state index in [-0.39, 0.29) is 0 Å². The van der Waals surface area contributed by atoms with Gasteiger partial charge in [0.2, 0.25) is 0 Å². The molecule has 1 heteroatoms. The Balaban J connectivity index is 2.26. The van der Waals surface area contributed by atoms with E-state index in [1.807, 2.05) is 0 Å². The van der Waals surface area contributed by atoms with Gasteiger partial charge in [0.05, 0.1) is 0 Å². The standard InChI is InChI=1S/C12H17N/c1-10-3-5-11-7-8-13(2)9-12(11)6-4-10/h3-6,10H,7-9H2,1-2H3. The largest absolute Gasteiger partial charge is 0.302 e. The molecule has 2 aliphatic rings. The molecule has 0 aromatic carbocycles. The summed E-state index contributed by atoms with van der Waals surface area (Å²) in [4.78, 5) is 2.38. The molecule has 0 bridgehead atoms. The van der Waals surface area contributed by atoms with Crippen LogP contribution in [0.2, 0.25) is 0 Å². The monoisotopic (exact) mass is 175 g/mol. The molecule has 0 aromatic rings. The number of hydrogen-bond acceptors (Lipinski definition) is 1. The summed E-state index contributed by atoms with van der Waals surface area (Å²) < 4.78 is 0. The highest BCUT2D eigenvalue weighted by molar-refractivity contribution is 5.39. The molecule has 2 rings (SSSR count). The Hall–Kier alpha value is -0.820. The predicted molar refractivity (Wildman–Crippen MR) is 56.6 cm³/mol. The predicted octanol–water partition coefficient (Wildman–Crippen LogP) is 2.38. The molecular formula is C12H17N. The second-order valence-corrected chi connectivity index (χ2v) is 4.12. The minimum atomic E-state index is 0.593. The second-order valence-electron chi connectivity index (χ2n) is 4.12. The number of allylic oxidation sites excluding steroid dienone is 3. The highest BCUT2D eigenvalue weighted by atomic mass is 15.1. The summed E-state index contributed by atoms with van der Waals surface area (Å²) in [6, 6.07) is 0. The quantitative estimate of drug-likeness (QED) is 0.546. The Kier molecular flexibility index (Phi) is 2.36. The molecule has 0 saturated heterocycles. The highest BCUT2D eigenvalue weighted by Gasteiger charge is 2.13. The van der Waals surface area contributed by atoms with E-state index in [2.05, 4.69) is 43.2 Å². The van der Waals surface area contributed by atoms with Gasteiger partial charge in [-0.25, -0.2) is 0 Å². The maximum atomic E-state index is 2.38. The molecule has 1 atom stereocenters. The van der Waals surface area contributed by atoms with E-state index in [0.717, 1.165) is 6.54 Å². The molecule has 1 aliphatic carbocycles. The second kappa shape index (κ2) is 3.51. The van der Waals surface area contributed by atoms with E-state index >= 15 is 0 Å². The smallest absolute Gasteiger partial charge is 0.0233 e. The van der Waals surface area contributed by atoms with Crippen molar-refractivity contribution in [3.8, 4) is 0 Å². The van der Waals surface area contributed by atoms with Gasteiger partial charge >= 0.3 is 0 Å². The summed E-state index contributed by atoms with van der Waals surface area (Å²) in [6.45, 7) is 4.55. The summed E-state index contributed by atoms with van der Waals surface area (Å²) in [5.74, 6) is 0.593. The Bertz CT molecular complexity index is 283. The Morgan fingerprint density at radius 1 is 1.23 bits per heavy atom. The first-order valence-electron chi connectivity index (χ1n) is 5.02. The summed E-state index contributed by atoms with van der Waals surface area (Å²) in [6.07, 6.45) is 10.4. The van der Waals surface area contributed by atoms with Crippen LogP contribution in [0.4, 0.5) is 0 Å². The molecule has 0 saturated carbocycles. The third kappa shape index (κ3) is 1.92. The molecule has 1 nitrogen and oxygen atoms in total. The lowest BCUT2D eigenvalue weighted by molar-refractivity contribution is 0.354.